The fraction of sp³-hybridized carbons (Fsp3) is 0.407. The lowest BCUT2D eigenvalue weighted by Gasteiger charge is -2.31. The first-order valence-corrected chi connectivity index (χ1v) is 12.1. The van der Waals surface area contributed by atoms with Crippen molar-refractivity contribution in [2.45, 2.75) is 51.7 Å². The number of halogens is 2. The van der Waals surface area contributed by atoms with Gasteiger partial charge in [-0.1, -0.05) is 0 Å². The van der Waals surface area contributed by atoms with Crippen LogP contribution in [0.4, 0.5) is 13.6 Å². The minimum absolute atomic E-state index is 0.0155. The molecule has 0 radical (unpaired) electrons. The van der Waals surface area contributed by atoms with Gasteiger partial charge in [-0.2, -0.15) is 0 Å². The zero-order valence-corrected chi connectivity index (χ0v) is 21.6. The zero-order chi connectivity index (χ0) is 27.7. The number of alkyl halides is 2. The number of hydrogen-bond donors (Lipinski definition) is 1. The van der Waals surface area contributed by atoms with E-state index in [1.165, 1.54) is 18.2 Å². The van der Waals surface area contributed by atoms with E-state index in [-0.39, 0.29) is 55.1 Å². The predicted octanol–water partition coefficient (Wildman–Crippen LogP) is 5.18. The molecular weight excluding hydrogens is 500 g/mol. The fourth-order valence-electron chi connectivity index (χ4n) is 4.09. The van der Waals surface area contributed by atoms with Crippen molar-refractivity contribution in [1.29, 1.82) is 0 Å². The predicted molar refractivity (Wildman–Crippen MR) is 134 cm³/mol. The largest absolute Gasteiger partial charge is 0.465 e. The number of amides is 2. The Hall–Kier alpha value is -4.02. The number of nitrogens with zero attached hydrogens (tertiary/aromatic N) is 2. The van der Waals surface area contributed by atoms with Gasteiger partial charge in [0.15, 0.2) is 0 Å². The number of aromatic nitrogens is 1. The van der Waals surface area contributed by atoms with Crippen molar-refractivity contribution in [2.24, 2.45) is 0 Å². The number of methoxy groups -OCH3 is 1. The molecule has 1 fully saturated rings. The van der Waals surface area contributed by atoms with E-state index in [9.17, 15) is 23.2 Å². The first-order valence-electron chi connectivity index (χ1n) is 12.1. The molecule has 9 nitrogen and oxygen atoms in total. The molecule has 202 valence electrons. The van der Waals surface area contributed by atoms with E-state index in [4.69, 9.17) is 13.9 Å². The van der Waals surface area contributed by atoms with Gasteiger partial charge in [-0.25, -0.2) is 18.4 Å². The summed E-state index contributed by atoms with van der Waals surface area (Å²) in [5, 5.41) is 3.20. The van der Waals surface area contributed by atoms with E-state index < -0.39 is 23.6 Å². The molecule has 0 unspecified atom stereocenters. The number of carbonyl (C=O) groups is 3. The van der Waals surface area contributed by atoms with Crippen molar-refractivity contribution in [3.8, 4) is 11.3 Å². The summed E-state index contributed by atoms with van der Waals surface area (Å²) < 4.78 is 42.8. The van der Waals surface area contributed by atoms with Crippen LogP contribution in [0, 0.1) is 0 Å². The summed E-state index contributed by atoms with van der Waals surface area (Å²) >= 11 is 0. The number of pyridine rings is 1. The lowest BCUT2D eigenvalue weighted by Crippen LogP contribution is -2.42. The third-order valence-corrected chi connectivity index (χ3v) is 5.97. The van der Waals surface area contributed by atoms with Crippen LogP contribution in [0.15, 0.2) is 40.9 Å². The van der Waals surface area contributed by atoms with Gasteiger partial charge in [0.25, 0.3) is 11.8 Å². The highest BCUT2D eigenvalue weighted by Gasteiger charge is 2.35. The standard InChI is InChI=1S/C27H29F2N3O6/c1-26(2,3)38-25(35)31-15-19-12-18-11-17(13-20(22(18)37-19)24(34)36-4)21-6-5-16(14-30-21)23(33)32-9-7-27(28,29)8-10-32/h5-6,11-14H,7-10,15H2,1-4H3,(H,31,35). The minimum atomic E-state index is -2.74. The number of esters is 1. The Morgan fingerprint density at radius 3 is 2.45 bits per heavy atom. The molecule has 0 bridgehead atoms. The van der Waals surface area contributed by atoms with Crippen molar-refractivity contribution < 1.29 is 37.1 Å². The number of rotatable bonds is 5. The quantitative estimate of drug-likeness (QED) is 0.454. The Labute approximate surface area is 218 Å². The van der Waals surface area contributed by atoms with E-state index in [0.29, 0.717) is 22.4 Å². The van der Waals surface area contributed by atoms with E-state index in [2.05, 4.69) is 10.3 Å². The van der Waals surface area contributed by atoms with Crippen LogP contribution in [0.1, 0.15) is 60.1 Å². The Balaban J connectivity index is 1.56. The van der Waals surface area contributed by atoms with Gasteiger partial charge in [0.05, 0.1) is 24.9 Å². The van der Waals surface area contributed by atoms with Gasteiger partial charge in [0.2, 0.25) is 0 Å². The number of piperidine rings is 1. The summed E-state index contributed by atoms with van der Waals surface area (Å²) in [5.74, 6) is -3.32. The van der Waals surface area contributed by atoms with Crippen LogP contribution in [-0.4, -0.2) is 59.6 Å². The highest BCUT2D eigenvalue weighted by molar-refractivity contribution is 6.04. The van der Waals surface area contributed by atoms with Crippen LogP contribution in [-0.2, 0) is 16.0 Å². The summed E-state index contributed by atoms with van der Waals surface area (Å²) in [4.78, 5) is 43.0. The van der Waals surface area contributed by atoms with Gasteiger partial charge in [-0.3, -0.25) is 9.78 Å². The molecule has 4 rings (SSSR count). The average molecular weight is 530 g/mol. The summed E-state index contributed by atoms with van der Waals surface area (Å²) in [6, 6.07) is 8.22. The first kappa shape index (κ1) is 27.0. The smallest absolute Gasteiger partial charge is 0.408 e. The third-order valence-electron chi connectivity index (χ3n) is 5.97. The van der Waals surface area contributed by atoms with E-state index >= 15 is 0 Å². The molecule has 0 spiro atoms. The Kier molecular flexibility index (Phi) is 7.39. The number of hydrogen-bond acceptors (Lipinski definition) is 7. The molecule has 1 N–H and O–H groups in total. The summed E-state index contributed by atoms with van der Waals surface area (Å²) in [7, 11) is 1.25. The SMILES string of the molecule is COC(=O)c1cc(-c2ccc(C(=O)N3CCC(F)(F)CC3)cn2)cc2cc(CNC(=O)OC(C)(C)C)oc12. The summed E-state index contributed by atoms with van der Waals surface area (Å²) in [6.07, 6.45) is 0.0583. The van der Waals surface area contributed by atoms with Gasteiger partial charge in [0.1, 0.15) is 22.5 Å². The molecule has 2 aromatic heterocycles. The Morgan fingerprint density at radius 1 is 1.13 bits per heavy atom. The molecule has 0 saturated carbocycles. The lowest BCUT2D eigenvalue weighted by atomic mass is 10.0. The molecule has 2 amide bonds. The Morgan fingerprint density at radius 2 is 1.84 bits per heavy atom. The second-order valence-electron chi connectivity index (χ2n) is 10.1. The van der Waals surface area contributed by atoms with Crippen LogP contribution in [0.3, 0.4) is 0 Å². The van der Waals surface area contributed by atoms with Gasteiger partial charge < -0.3 is 24.1 Å². The van der Waals surface area contributed by atoms with Crippen molar-refractivity contribution in [3.05, 3.63) is 53.4 Å². The molecular formula is C27H29F2N3O6. The van der Waals surface area contributed by atoms with Crippen LogP contribution in [0.2, 0.25) is 0 Å². The van der Waals surface area contributed by atoms with Gasteiger partial charge in [-0.05, 0) is 51.1 Å². The van der Waals surface area contributed by atoms with E-state index in [0.717, 1.165) is 0 Å². The molecule has 11 heteroatoms. The fourth-order valence-corrected chi connectivity index (χ4v) is 4.09. The zero-order valence-electron chi connectivity index (χ0n) is 21.6. The molecule has 38 heavy (non-hydrogen) atoms. The number of furan rings is 1. The summed E-state index contributed by atoms with van der Waals surface area (Å²) in [6.45, 7) is 5.27. The van der Waals surface area contributed by atoms with Crippen molar-refractivity contribution >= 4 is 28.9 Å². The molecule has 1 aliphatic heterocycles. The molecule has 1 aromatic carbocycles. The van der Waals surface area contributed by atoms with E-state index in [1.54, 1.807) is 51.1 Å². The average Bonchev–Trinajstić information content (AvgIpc) is 3.28. The molecule has 3 heterocycles. The lowest BCUT2D eigenvalue weighted by molar-refractivity contribution is -0.0494. The molecule has 1 aliphatic rings. The first-order chi connectivity index (χ1) is 17.8. The molecule has 1 saturated heterocycles. The molecule has 3 aromatic rings. The number of carbonyl (C=O) groups excluding carboxylic acids is 3. The number of benzene rings is 1. The van der Waals surface area contributed by atoms with Crippen LogP contribution in [0.25, 0.3) is 22.2 Å². The normalized spacial score (nSPS) is 15.3. The van der Waals surface area contributed by atoms with Crippen molar-refractivity contribution in [2.75, 3.05) is 20.2 Å². The number of ether oxygens (including phenoxy) is 2. The summed E-state index contributed by atoms with van der Waals surface area (Å²) in [5.41, 5.74) is 1.14. The van der Waals surface area contributed by atoms with Gasteiger partial charge in [0, 0.05) is 43.1 Å². The molecule has 0 atom stereocenters. The van der Waals surface area contributed by atoms with Crippen LogP contribution >= 0.6 is 0 Å². The van der Waals surface area contributed by atoms with Gasteiger partial charge in [-0.15, -0.1) is 0 Å². The monoisotopic (exact) mass is 529 g/mol. The van der Waals surface area contributed by atoms with Crippen molar-refractivity contribution in [3.63, 3.8) is 0 Å². The maximum atomic E-state index is 13.4. The topological polar surface area (TPSA) is 111 Å². The highest BCUT2D eigenvalue weighted by Crippen LogP contribution is 2.31. The highest BCUT2D eigenvalue weighted by atomic mass is 19.3. The maximum absolute atomic E-state index is 13.4. The number of fused-ring (bicyclic) bond motifs is 1. The van der Waals surface area contributed by atoms with E-state index in [1.807, 2.05) is 0 Å². The number of alkyl carbamates (subject to hydrolysis) is 1. The second-order valence-corrected chi connectivity index (χ2v) is 10.1. The number of likely N-dealkylation sites (tertiary alicyclic amines) is 1. The van der Waals surface area contributed by atoms with Crippen molar-refractivity contribution in [1.82, 2.24) is 15.2 Å². The maximum Gasteiger partial charge on any atom is 0.408 e. The third kappa shape index (κ3) is 6.27. The van der Waals surface area contributed by atoms with Crippen LogP contribution < -0.4 is 5.32 Å². The number of nitrogens with one attached hydrogen (secondary N) is 1. The Bertz CT molecular complexity index is 1350. The molecule has 0 aliphatic carbocycles. The second kappa shape index (κ2) is 10.4. The van der Waals surface area contributed by atoms with Crippen LogP contribution in [0.5, 0.6) is 0 Å². The van der Waals surface area contributed by atoms with Gasteiger partial charge >= 0.3 is 12.1 Å². The minimum Gasteiger partial charge on any atom is -0.465 e.